The van der Waals surface area contributed by atoms with Crippen molar-refractivity contribution < 1.29 is 4.74 Å². The molecule has 1 unspecified atom stereocenters. The Kier molecular flexibility index (Phi) is 5.46. The van der Waals surface area contributed by atoms with Crippen LogP contribution in [0.5, 0.6) is 5.75 Å². The number of nitrogens with one attached hydrogen (secondary N) is 1. The van der Waals surface area contributed by atoms with Gasteiger partial charge in [0.1, 0.15) is 5.75 Å². The maximum atomic E-state index is 6.17. The number of thiophene rings is 1. The van der Waals surface area contributed by atoms with Gasteiger partial charge in [0.15, 0.2) is 0 Å². The highest BCUT2D eigenvalue weighted by Crippen LogP contribution is 2.35. The molecule has 4 heteroatoms. The zero-order valence-corrected chi connectivity index (χ0v) is 13.6. The summed E-state index contributed by atoms with van der Waals surface area (Å²) in [4.78, 5) is 1.32. The smallest absolute Gasteiger partial charge is 0.124 e. The van der Waals surface area contributed by atoms with Crippen molar-refractivity contribution in [1.29, 1.82) is 0 Å². The van der Waals surface area contributed by atoms with Crippen molar-refractivity contribution >= 4 is 22.9 Å². The van der Waals surface area contributed by atoms with Crippen LogP contribution in [0.15, 0.2) is 29.6 Å². The SMILES string of the molecule is CCCNC(c1cc(Cl)ccc1OC)c1sccc1C. The Morgan fingerprint density at radius 1 is 1.35 bits per heavy atom. The van der Waals surface area contributed by atoms with Crippen molar-refractivity contribution in [3.63, 3.8) is 0 Å². The standard InChI is InChI=1S/C16H20ClNOS/c1-4-8-18-15(16-11(2)7-9-20-16)13-10-12(17)5-6-14(13)19-3/h5-7,9-10,15,18H,4,8H2,1-3H3. The van der Waals surface area contributed by atoms with E-state index in [1.165, 1.54) is 10.4 Å². The highest BCUT2D eigenvalue weighted by atomic mass is 35.5. The lowest BCUT2D eigenvalue weighted by Gasteiger charge is -2.21. The second kappa shape index (κ2) is 7.11. The van der Waals surface area contributed by atoms with Gasteiger partial charge >= 0.3 is 0 Å². The topological polar surface area (TPSA) is 21.3 Å². The molecule has 1 heterocycles. The Balaban J connectivity index is 2.46. The molecule has 2 rings (SSSR count). The summed E-state index contributed by atoms with van der Waals surface area (Å²) >= 11 is 7.94. The number of ether oxygens (including phenoxy) is 1. The van der Waals surface area contributed by atoms with E-state index < -0.39 is 0 Å². The van der Waals surface area contributed by atoms with E-state index in [1.54, 1.807) is 18.4 Å². The predicted octanol–water partition coefficient (Wildman–Crippen LogP) is 4.81. The van der Waals surface area contributed by atoms with Crippen LogP contribution in [0.3, 0.4) is 0 Å². The number of hydrogen-bond donors (Lipinski definition) is 1. The largest absolute Gasteiger partial charge is 0.496 e. The number of benzene rings is 1. The first-order valence-corrected chi connectivity index (χ1v) is 8.04. The Bertz CT molecular complexity index is 567. The predicted molar refractivity (Wildman–Crippen MR) is 87.2 cm³/mol. The summed E-state index contributed by atoms with van der Waals surface area (Å²) in [6.45, 7) is 5.27. The van der Waals surface area contributed by atoms with Gasteiger partial charge in [-0.2, -0.15) is 0 Å². The van der Waals surface area contributed by atoms with Crippen molar-refractivity contribution in [3.8, 4) is 5.75 Å². The highest BCUT2D eigenvalue weighted by molar-refractivity contribution is 7.10. The van der Waals surface area contributed by atoms with Crippen molar-refractivity contribution in [2.24, 2.45) is 0 Å². The summed E-state index contributed by atoms with van der Waals surface area (Å²) in [6.07, 6.45) is 1.09. The lowest BCUT2D eigenvalue weighted by Crippen LogP contribution is -2.23. The molecular weight excluding hydrogens is 290 g/mol. The van der Waals surface area contributed by atoms with Gasteiger partial charge in [0.25, 0.3) is 0 Å². The van der Waals surface area contributed by atoms with Gasteiger partial charge in [-0.05, 0) is 55.1 Å². The molecule has 108 valence electrons. The molecule has 1 N–H and O–H groups in total. The molecule has 0 amide bonds. The van der Waals surface area contributed by atoms with E-state index in [2.05, 4.69) is 30.6 Å². The van der Waals surface area contributed by atoms with Gasteiger partial charge in [0.2, 0.25) is 0 Å². The fourth-order valence-electron chi connectivity index (χ4n) is 2.24. The second-order valence-electron chi connectivity index (χ2n) is 4.74. The summed E-state index contributed by atoms with van der Waals surface area (Å²) < 4.78 is 5.51. The molecule has 0 saturated carbocycles. The van der Waals surface area contributed by atoms with E-state index in [0.717, 1.165) is 29.3 Å². The quantitative estimate of drug-likeness (QED) is 0.827. The van der Waals surface area contributed by atoms with Gasteiger partial charge in [-0.15, -0.1) is 11.3 Å². The molecule has 20 heavy (non-hydrogen) atoms. The van der Waals surface area contributed by atoms with Crippen molar-refractivity contribution in [2.75, 3.05) is 13.7 Å². The molecule has 1 atom stereocenters. The molecular formula is C16H20ClNOS. The molecule has 0 bridgehead atoms. The summed E-state index contributed by atoms with van der Waals surface area (Å²) in [5.74, 6) is 0.871. The number of rotatable bonds is 6. The van der Waals surface area contributed by atoms with E-state index in [-0.39, 0.29) is 6.04 Å². The van der Waals surface area contributed by atoms with Crippen LogP contribution in [0.4, 0.5) is 0 Å². The molecule has 2 aromatic rings. The average molecular weight is 310 g/mol. The third-order valence-corrected chi connectivity index (χ3v) is 4.58. The maximum absolute atomic E-state index is 6.17. The molecule has 0 spiro atoms. The average Bonchev–Trinajstić information content (AvgIpc) is 2.86. The van der Waals surface area contributed by atoms with Crippen LogP contribution in [-0.4, -0.2) is 13.7 Å². The molecule has 0 radical (unpaired) electrons. The van der Waals surface area contributed by atoms with E-state index in [0.29, 0.717) is 0 Å². The zero-order valence-electron chi connectivity index (χ0n) is 12.1. The van der Waals surface area contributed by atoms with Gasteiger partial charge in [0.05, 0.1) is 13.2 Å². The third-order valence-electron chi connectivity index (χ3n) is 3.27. The number of hydrogen-bond acceptors (Lipinski definition) is 3. The molecule has 1 aromatic carbocycles. The lowest BCUT2D eigenvalue weighted by atomic mass is 10.0. The minimum atomic E-state index is 0.128. The molecule has 0 aliphatic rings. The van der Waals surface area contributed by atoms with Crippen LogP contribution in [-0.2, 0) is 0 Å². The van der Waals surface area contributed by atoms with Crippen molar-refractivity contribution in [2.45, 2.75) is 26.3 Å². The van der Waals surface area contributed by atoms with Crippen LogP contribution in [0.25, 0.3) is 0 Å². The fourth-order valence-corrected chi connectivity index (χ4v) is 3.44. The van der Waals surface area contributed by atoms with Gasteiger partial charge in [-0.1, -0.05) is 18.5 Å². The highest BCUT2D eigenvalue weighted by Gasteiger charge is 2.20. The third kappa shape index (κ3) is 3.35. The normalized spacial score (nSPS) is 12.4. The monoisotopic (exact) mass is 309 g/mol. The second-order valence-corrected chi connectivity index (χ2v) is 6.13. The Morgan fingerprint density at radius 3 is 2.75 bits per heavy atom. The summed E-state index contributed by atoms with van der Waals surface area (Å²) in [5, 5.41) is 6.46. The van der Waals surface area contributed by atoms with Crippen LogP contribution >= 0.6 is 22.9 Å². The minimum absolute atomic E-state index is 0.128. The molecule has 1 aromatic heterocycles. The van der Waals surface area contributed by atoms with Crippen LogP contribution < -0.4 is 10.1 Å². The minimum Gasteiger partial charge on any atom is -0.496 e. The van der Waals surface area contributed by atoms with E-state index >= 15 is 0 Å². The maximum Gasteiger partial charge on any atom is 0.124 e. The van der Waals surface area contributed by atoms with Crippen LogP contribution in [0.2, 0.25) is 5.02 Å². The number of halogens is 1. The number of methoxy groups -OCH3 is 1. The van der Waals surface area contributed by atoms with E-state index in [4.69, 9.17) is 16.3 Å². The summed E-state index contributed by atoms with van der Waals surface area (Å²) in [5.41, 5.74) is 2.39. The van der Waals surface area contributed by atoms with E-state index in [1.807, 2.05) is 18.2 Å². The molecule has 2 nitrogen and oxygen atoms in total. The molecule has 0 aliphatic heterocycles. The number of aryl methyl sites for hydroxylation is 1. The van der Waals surface area contributed by atoms with E-state index in [9.17, 15) is 0 Å². The lowest BCUT2D eigenvalue weighted by molar-refractivity contribution is 0.404. The van der Waals surface area contributed by atoms with Crippen molar-refractivity contribution in [1.82, 2.24) is 5.32 Å². The van der Waals surface area contributed by atoms with Crippen LogP contribution in [0.1, 0.15) is 35.4 Å². The summed E-state index contributed by atoms with van der Waals surface area (Å²) in [7, 11) is 1.70. The first-order chi connectivity index (χ1) is 9.67. The van der Waals surface area contributed by atoms with Crippen LogP contribution in [0, 0.1) is 6.92 Å². The van der Waals surface area contributed by atoms with Gasteiger partial charge in [-0.3, -0.25) is 0 Å². The fraction of sp³-hybridized carbons (Fsp3) is 0.375. The first-order valence-electron chi connectivity index (χ1n) is 6.78. The van der Waals surface area contributed by atoms with Gasteiger partial charge in [0, 0.05) is 15.5 Å². The van der Waals surface area contributed by atoms with Crippen molar-refractivity contribution in [3.05, 3.63) is 50.7 Å². The Morgan fingerprint density at radius 2 is 2.15 bits per heavy atom. The molecule has 0 saturated heterocycles. The molecule has 0 fully saturated rings. The summed E-state index contributed by atoms with van der Waals surface area (Å²) in [6, 6.07) is 8.07. The first kappa shape index (κ1) is 15.4. The van der Waals surface area contributed by atoms with Gasteiger partial charge in [-0.25, -0.2) is 0 Å². The van der Waals surface area contributed by atoms with Gasteiger partial charge < -0.3 is 10.1 Å². The molecule has 0 aliphatic carbocycles. The zero-order chi connectivity index (χ0) is 14.5. The Labute approximate surface area is 129 Å². The Hall–Kier alpha value is -1.03.